The van der Waals surface area contributed by atoms with Gasteiger partial charge in [0, 0.05) is 60.3 Å². The lowest BCUT2D eigenvalue weighted by atomic mass is 9.79. The predicted octanol–water partition coefficient (Wildman–Crippen LogP) is 5.21. The molecular weight excluding hydrogens is 464 g/mol. The SMILES string of the molecule is CN(c1nc2sc(-c3ncc(-c4cn[nH]c4)c4c3N=CC4)nc2s1)C1CC(C)(C)NC(C)(C)C1. The quantitative estimate of drug-likeness (QED) is 0.406. The minimum absolute atomic E-state index is 0.0932. The lowest BCUT2D eigenvalue weighted by Crippen LogP contribution is -2.61. The van der Waals surface area contributed by atoms with Crippen molar-refractivity contribution in [3.05, 3.63) is 24.2 Å². The molecule has 6 rings (SSSR count). The number of rotatable bonds is 4. The van der Waals surface area contributed by atoms with Gasteiger partial charge in [-0.15, -0.1) is 0 Å². The van der Waals surface area contributed by atoms with E-state index in [2.05, 4.69) is 60.1 Å². The fraction of sp³-hybridized carbons (Fsp3) is 0.458. The fourth-order valence-corrected chi connectivity index (χ4v) is 7.57. The van der Waals surface area contributed by atoms with Gasteiger partial charge in [0.05, 0.1) is 11.9 Å². The molecule has 0 atom stereocenters. The third-order valence-electron chi connectivity index (χ3n) is 6.67. The topological polar surface area (TPSA) is 95.0 Å². The number of fused-ring (bicyclic) bond motifs is 2. The number of H-pyrrole nitrogens is 1. The first kappa shape index (κ1) is 21.8. The van der Waals surface area contributed by atoms with Crippen LogP contribution in [0.4, 0.5) is 10.8 Å². The van der Waals surface area contributed by atoms with Crippen LogP contribution in [0.1, 0.15) is 46.1 Å². The van der Waals surface area contributed by atoms with Crippen LogP contribution in [0.25, 0.3) is 31.5 Å². The van der Waals surface area contributed by atoms with Crippen LogP contribution in [0.2, 0.25) is 0 Å². The van der Waals surface area contributed by atoms with Gasteiger partial charge in [0.1, 0.15) is 10.7 Å². The van der Waals surface area contributed by atoms with Crippen molar-refractivity contribution in [1.29, 1.82) is 0 Å². The van der Waals surface area contributed by atoms with Crippen molar-refractivity contribution < 1.29 is 0 Å². The van der Waals surface area contributed by atoms with E-state index < -0.39 is 0 Å². The average Bonchev–Trinajstić information content (AvgIpc) is 3.53. The van der Waals surface area contributed by atoms with E-state index in [1.54, 1.807) is 22.7 Å². The van der Waals surface area contributed by atoms with E-state index in [0.717, 1.165) is 61.6 Å². The second-order valence-electron chi connectivity index (χ2n) is 10.5. The van der Waals surface area contributed by atoms with Gasteiger partial charge in [0.15, 0.2) is 14.8 Å². The molecule has 4 aromatic heterocycles. The van der Waals surface area contributed by atoms with Gasteiger partial charge in [-0.05, 0) is 46.1 Å². The minimum Gasteiger partial charge on any atom is -0.348 e. The van der Waals surface area contributed by atoms with Crippen LogP contribution >= 0.6 is 22.7 Å². The molecule has 2 aliphatic heterocycles. The van der Waals surface area contributed by atoms with Crippen molar-refractivity contribution in [2.45, 2.75) is 64.1 Å². The van der Waals surface area contributed by atoms with Crippen molar-refractivity contribution in [3.63, 3.8) is 0 Å². The molecule has 0 bridgehead atoms. The number of aromatic nitrogens is 5. The maximum Gasteiger partial charge on any atom is 0.188 e. The molecule has 6 heterocycles. The van der Waals surface area contributed by atoms with E-state index in [0.29, 0.717) is 6.04 Å². The minimum atomic E-state index is 0.0932. The molecule has 4 aromatic rings. The molecule has 2 aliphatic rings. The Morgan fingerprint density at radius 1 is 1.03 bits per heavy atom. The Morgan fingerprint density at radius 2 is 1.79 bits per heavy atom. The van der Waals surface area contributed by atoms with Gasteiger partial charge in [0.2, 0.25) is 0 Å². The molecule has 10 heteroatoms. The highest BCUT2D eigenvalue weighted by Crippen LogP contribution is 2.44. The van der Waals surface area contributed by atoms with Crippen molar-refractivity contribution in [3.8, 4) is 21.8 Å². The molecule has 0 amide bonds. The zero-order valence-corrected chi connectivity index (χ0v) is 21.6. The number of thiazole rings is 2. The highest BCUT2D eigenvalue weighted by atomic mass is 32.1. The lowest BCUT2D eigenvalue weighted by Gasteiger charge is -2.48. The zero-order chi connectivity index (χ0) is 23.7. The molecule has 2 N–H and O–H groups in total. The zero-order valence-electron chi connectivity index (χ0n) is 20.0. The summed E-state index contributed by atoms with van der Waals surface area (Å²) in [7, 11) is 2.17. The van der Waals surface area contributed by atoms with Crippen LogP contribution in [0.15, 0.2) is 23.6 Å². The molecule has 0 unspecified atom stereocenters. The molecule has 0 aliphatic carbocycles. The standard InChI is InChI=1S/C24H28N8S2/c1-23(2)8-14(9-24(3,4)31-23)32(5)22-30-21-20(34-22)29-19(33-21)18-17-15(6-7-25-17)16(12-26-18)13-10-27-28-11-13/h7,10-12,14,31H,6,8-9H2,1-5H3,(H,27,28). The molecule has 1 saturated heterocycles. The summed E-state index contributed by atoms with van der Waals surface area (Å²) in [6, 6.07) is 0.431. The molecule has 34 heavy (non-hydrogen) atoms. The highest BCUT2D eigenvalue weighted by molar-refractivity contribution is 7.29. The molecule has 176 valence electrons. The van der Waals surface area contributed by atoms with Gasteiger partial charge in [0.25, 0.3) is 0 Å². The molecule has 0 spiro atoms. The number of hydrogen-bond acceptors (Lipinski definition) is 9. The van der Waals surface area contributed by atoms with Crippen LogP contribution < -0.4 is 10.2 Å². The van der Waals surface area contributed by atoms with Gasteiger partial charge < -0.3 is 10.2 Å². The molecule has 0 saturated carbocycles. The van der Waals surface area contributed by atoms with Crippen LogP contribution in [0.5, 0.6) is 0 Å². The van der Waals surface area contributed by atoms with E-state index in [1.165, 1.54) is 5.56 Å². The van der Waals surface area contributed by atoms with Gasteiger partial charge in [-0.25, -0.2) is 9.97 Å². The molecule has 0 radical (unpaired) electrons. The first-order chi connectivity index (χ1) is 16.2. The lowest BCUT2D eigenvalue weighted by molar-refractivity contribution is 0.161. The first-order valence-electron chi connectivity index (χ1n) is 11.5. The van der Waals surface area contributed by atoms with Crippen LogP contribution in [0, 0.1) is 0 Å². The third kappa shape index (κ3) is 3.73. The predicted molar refractivity (Wildman–Crippen MR) is 141 cm³/mol. The van der Waals surface area contributed by atoms with Crippen molar-refractivity contribution in [2.24, 2.45) is 4.99 Å². The normalized spacial score (nSPS) is 19.1. The van der Waals surface area contributed by atoms with Crippen molar-refractivity contribution in [2.75, 3.05) is 11.9 Å². The summed E-state index contributed by atoms with van der Waals surface area (Å²) in [6.07, 6.45) is 10.5. The maximum absolute atomic E-state index is 4.98. The van der Waals surface area contributed by atoms with E-state index in [4.69, 9.17) is 15.0 Å². The number of aromatic amines is 1. The van der Waals surface area contributed by atoms with Gasteiger partial charge in [-0.2, -0.15) is 5.10 Å². The smallest absolute Gasteiger partial charge is 0.188 e. The number of nitrogens with one attached hydrogen (secondary N) is 2. The Bertz CT molecular complexity index is 1350. The summed E-state index contributed by atoms with van der Waals surface area (Å²) < 4.78 is 0. The van der Waals surface area contributed by atoms with Crippen LogP contribution in [0.3, 0.4) is 0 Å². The molecule has 1 fully saturated rings. The fourth-order valence-electron chi connectivity index (χ4n) is 5.50. The van der Waals surface area contributed by atoms with E-state index in [1.807, 2.05) is 24.8 Å². The Labute approximate surface area is 206 Å². The Kier molecular flexibility index (Phi) is 4.91. The van der Waals surface area contributed by atoms with Crippen molar-refractivity contribution in [1.82, 2.24) is 30.5 Å². The van der Waals surface area contributed by atoms with E-state index in [-0.39, 0.29) is 11.1 Å². The molecule has 8 nitrogen and oxygen atoms in total. The Balaban J connectivity index is 1.31. The summed E-state index contributed by atoms with van der Waals surface area (Å²) in [5.41, 5.74) is 5.21. The van der Waals surface area contributed by atoms with E-state index >= 15 is 0 Å². The van der Waals surface area contributed by atoms with E-state index in [9.17, 15) is 0 Å². The third-order valence-corrected chi connectivity index (χ3v) is 8.79. The van der Waals surface area contributed by atoms with Crippen LogP contribution in [-0.4, -0.2) is 55.5 Å². The summed E-state index contributed by atoms with van der Waals surface area (Å²) in [6.45, 7) is 9.15. The number of aliphatic imine (C=N–C) groups is 1. The van der Waals surface area contributed by atoms with Gasteiger partial charge >= 0.3 is 0 Å². The van der Waals surface area contributed by atoms with Crippen molar-refractivity contribution >= 4 is 49.4 Å². The number of hydrogen-bond donors (Lipinski definition) is 2. The maximum atomic E-state index is 4.98. The summed E-state index contributed by atoms with van der Waals surface area (Å²) in [5, 5.41) is 12.6. The monoisotopic (exact) mass is 492 g/mol. The largest absolute Gasteiger partial charge is 0.348 e. The van der Waals surface area contributed by atoms with Gasteiger partial charge in [-0.1, -0.05) is 22.7 Å². The molecular formula is C24H28N8S2. The Hall–Kier alpha value is -2.69. The number of nitrogens with zero attached hydrogens (tertiary/aromatic N) is 6. The summed E-state index contributed by atoms with van der Waals surface area (Å²) >= 11 is 3.26. The number of piperidine rings is 1. The van der Waals surface area contributed by atoms with Gasteiger partial charge in [-0.3, -0.25) is 15.1 Å². The number of anilines is 1. The number of pyridine rings is 1. The summed E-state index contributed by atoms with van der Waals surface area (Å²) in [4.78, 5) is 23.6. The summed E-state index contributed by atoms with van der Waals surface area (Å²) in [5.74, 6) is 0. The Morgan fingerprint density at radius 3 is 2.50 bits per heavy atom. The molecule has 0 aromatic carbocycles. The van der Waals surface area contributed by atoms with Crippen LogP contribution in [-0.2, 0) is 6.42 Å². The highest BCUT2D eigenvalue weighted by Gasteiger charge is 2.40. The first-order valence-corrected chi connectivity index (χ1v) is 13.2. The second-order valence-corrected chi connectivity index (χ2v) is 12.5. The average molecular weight is 493 g/mol. The second kappa shape index (κ2) is 7.66.